The van der Waals surface area contributed by atoms with Gasteiger partial charge in [-0.3, -0.25) is 9.69 Å². The lowest BCUT2D eigenvalue weighted by Gasteiger charge is -2.36. The van der Waals surface area contributed by atoms with Crippen molar-refractivity contribution in [3.05, 3.63) is 30.3 Å². The van der Waals surface area contributed by atoms with Crippen molar-refractivity contribution in [3.63, 3.8) is 0 Å². The minimum absolute atomic E-state index is 0.134. The molecule has 20 heavy (non-hydrogen) atoms. The van der Waals surface area contributed by atoms with Crippen LogP contribution in [-0.2, 0) is 4.79 Å². The van der Waals surface area contributed by atoms with Crippen molar-refractivity contribution in [1.82, 2.24) is 4.90 Å². The van der Waals surface area contributed by atoms with Crippen LogP contribution < -0.4 is 4.90 Å². The van der Waals surface area contributed by atoms with Gasteiger partial charge in [0.05, 0.1) is 12.1 Å². The van der Waals surface area contributed by atoms with E-state index in [9.17, 15) is 9.90 Å². The van der Waals surface area contributed by atoms with Crippen LogP contribution in [0.1, 0.15) is 26.7 Å². The van der Waals surface area contributed by atoms with Gasteiger partial charge in [0.1, 0.15) is 0 Å². The van der Waals surface area contributed by atoms with Crippen molar-refractivity contribution in [2.45, 2.75) is 38.8 Å². The fourth-order valence-electron chi connectivity index (χ4n) is 2.73. The first kappa shape index (κ1) is 15.0. The molecule has 1 fully saturated rings. The minimum atomic E-state index is -0.204. The molecule has 4 nitrogen and oxygen atoms in total. The lowest BCUT2D eigenvalue weighted by Crippen LogP contribution is -2.50. The number of benzene rings is 1. The molecular formula is C16H24N2O2. The van der Waals surface area contributed by atoms with Gasteiger partial charge in [-0.2, -0.15) is 0 Å². The zero-order valence-electron chi connectivity index (χ0n) is 12.3. The van der Waals surface area contributed by atoms with Crippen molar-refractivity contribution in [3.8, 4) is 0 Å². The van der Waals surface area contributed by atoms with E-state index in [1.807, 2.05) is 49.1 Å². The number of nitrogens with zero attached hydrogens (tertiary/aromatic N) is 2. The highest BCUT2D eigenvalue weighted by atomic mass is 16.3. The van der Waals surface area contributed by atoms with Crippen LogP contribution in [0, 0.1) is 0 Å². The first-order valence-corrected chi connectivity index (χ1v) is 7.42. The van der Waals surface area contributed by atoms with Gasteiger partial charge in [0.15, 0.2) is 0 Å². The van der Waals surface area contributed by atoms with Crippen LogP contribution in [-0.4, -0.2) is 47.7 Å². The molecule has 0 radical (unpaired) electrons. The van der Waals surface area contributed by atoms with Crippen molar-refractivity contribution in [2.24, 2.45) is 0 Å². The molecule has 1 amide bonds. The number of aliphatic hydroxyl groups excluding tert-OH is 1. The maximum Gasteiger partial charge on any atom is 0.244 e. The summed E-state index contributed by atoms with van der Waals surface area (Å²) in [4.78, 5) is 16.7. The fourth-order valence-corrected chi connectivity index (χ4v) is 2.73. The Balaban J connectivity index is 2.05. The van der Waals surface area contributed by atoms with Crippen molar-refractivity contribution < 1.29 is 9.90 Å². The van der Waals surface area contributed by atoms with E-state index in [0.29, 0.717) is 6.54 Å². The van der Waals surface area contributed by atoms with E-state index in [1.165, 1.54) is 0 Å². The molecule has 0 aliphatic carbocycles. The Labute approximate surface area is 121 Å². The van der Waals surface area contributed by atoms with Gasteiger partial charge < -0.3 is 10.0 Å². The average Bonchev–Trinajstić information content (AvgIpc) is 2.49. The quantitative estimate of drug-likeness (QED) is 0.913. The van der Waals surface area contributed by atoms with E-state index < -0.39 is 0 Å². The molecule has 1 aliphatic rings. The molecule has 1 heterocycles. The molecule has 1 aliphatic heterocycles. The molecule has 0 bridgehead atoms. The molecular weight excluding hydrogens is 252 g/mol. The third-order valence-electron chi connectivity index (χ3n) is 4.05. The fraction of sp³-hybridized carbons (Fsp3) is 0.562. The SMILES string of the molecule is CCN(C(=O)[C@H](C)N1CCC(O)CC1)c1ccccc1. The number of likely N-dealkylation sites (N-methyl/N-ethyl adjacent to an activating group) is 1. The number of rotatable bonds is 4. The van der Waals surface area contributed by atoms with Crippen LogP contribution >= 0.6 is 0 Å². The standard InChI is InChI=1S/C16H24N2O2/c1-3-18(14-7-5-4-6-8-14)16(20)13(2)17-11-9-15(19)10-12-17/h4-8,13,15,19H,3,9-12H2,1-2H3/t13-/m0/s1. The summed E-state index contributed by atoms with van der Waals surface area (Å²) in [6.07, 6.45) is 1.31. The summed E-state index contributed by atoms with van der Waals surface area (Å²) in [6, 6.07) is 9.66. The molecule has 1 saturated heterocycles. The third-order valence-corrected chi connectivity index (χ3v) is 4.05. The Kier molecular flexibility index (Phi) is 5.15. The largest absolute Gasteiger partial charge is 0.393 e. The number of aliphatic hydroxyl groups is 1. The Morgan fingerprint density at radius 1 is 1.35 bits per heavy atom. The van der Waals surface area contributed by atoms with Gasteiger partial charge in [-0.05, 0) is 38.8 Å². The summed E-state index contributed by atoms with van der Waals surface area (Å²) >= 11 is 0. The summed E-state index contributed by atoms with van der Waals surface area (Å²) in [5.41, 5.74) is 0.948. The highest BCUT2D eigenvalue weighted by Crippen LogP contribution is 2.18. The van der Waals surface area contributed by atoms with E-state index in [1.54, 1.807) is 0 Å². The molecule has 2 rings (SSSR count). The van der Waals surface area contributed by atoms with Crippen molar-refractivity contribution in [1.29, 1.82) is 0 Å². The summed E-state index contributed by atoms with van der Waals surface area (Å²) in [7, 11) is 0. The molecule has 1 aromatic carbocycles. The van der Waals surface area contributed by atoms with E-state index in [2.05, 4.69) is 4.90 Å². The number of hydrogen-bond acceptors (Lipinski definition) is 3. The number of carbonyl (C=O) groups excluding carboxylic acids is 1. The maximum absolute atomic E-state index is 12.7. The van der Waals surface area contributed by atoms with Crippen LogP contribution in [0.25, 0.3) is 0 Å². The highest BCUT2D eigenvalue weighted by molar-refractivity contribution is 5.96. The Morgan fingerprint density at radius 3 is 2.50 bits per heavy atom. The van der Waals surface area contributed by atoms with E-state index in [4.69, 9.17) is 0 Å². The Bertz CT molecular complexity index is 427. The molecule has 4 heteroatoms. The highest BCUT2D eigenvalue weighted by Gasteiger charge is 2.28. The minimum Gasteiger partial charge on any atom is -0.393 e. The van der Waals surface area contributed by atoms with Gasteiger partial charge in [0.25, 0.3) is 0 Å². The van der Waals surface area contributed by atoms with Crippen molar-refractivity contribution >= 4 is 11.6 Å². The van der Waals surface area contributed by atoms with Crippen LogP contribution in [0.3, 0.4) is 0 Å². The number of para-hydroxylation sites is 1. The number of amides is 1. The van der Waals surface area contributed by atoms with Crippen LogP contribution in [0.2, 0.25) is 0 Å². The average molecular weight is 276 g/mol. The monoisotopic (exact) mass is 276 g/mol. The summed E-state index contributed by atoms with van der Waals surface area (Å²) in [6.45, 7) is 6.22. The normalized spacial score (nSPS) is 18.8. The second-order valence-corrected chi connectivity index (χ2v) is 5.36. The molecule has 110 valence electrons. The first-order valence-electron chi connectivity index (χ1n) is 7.42. The zero-order valence-corrected chi connectivity index (χ0v) is 12.3. The topological polar surface area (TPSA) is 43.8 Å². The van der Waals surface area contributed by atoms with Gasteiger partial charge in [-0.15, -0.1) is 0 Å². The molecule has 1 aromatic rings. The van der Waals surface area contributed by atoms with Gasteiger partial charge in [0, 0.05) is 25.3 Å². The van der Waals surface area contributed by atoms with Gasteiger partial charge in [0.2, 0.25) is 5.91 Å². The number of carbonyl (C=O) groups is 1. The summed E-state index contributed by atoms with van der Waals surface area (Å²) < 4.78 is 0. The number of anilines is 1. The molecule has 0 unspecified atom stereocenters. The van der Waals surface area contributed by atoms with E-state index in [0.717, 1.165) is 31.6 Å². The molecule has 0 aromatic heterocycles. The lowest BCUT2D eigenvalue weighted by molar-refractivity contribution is -0.124. The zero-order chi connectivity index (χ0) is 14.5. The Morgan fingerprint density at radius 2 is 1.95 bits per heavy atom. The maximum atomic E-state index is 12.7. The van der Waals surface area contributed by atoms with E-state index in [-0.39, 0.29) is 18.1 Å². The predicted molar refractivity (Wildman–Crippen MR) is 80.7 cm³/mol. The predicted octanol–water partition coefficient (Wildman–Crippen LogP) is 1.88. The number of likely N-dealkylation sites (tertiary alicyclic amines) is 1. The third kappa shape index (κ3) is 3.38. The van der Waals surface area contributed by atoms with Gasteiger partial charge in [-0.25, -0.2) is 0 Å². The molecule has 0 saturated carbocycles. The van der Waals surface area contributed by atoms with Gasteiger partial charge >= 0.3 is 0 Å². The lowest BCUT2D eigenvalue weighted by atomic mass is 10.1. The smallest absolute Gasteiger partial charge is 0.244 e. The summed E-state index contributed by atoms with van der Waals surface area (Å²) in [5, 5.41) is 9.56. The van der Waals surface area contributed by atoms with Crippen LogP contribution in [0.4, 0.5) is 5.69 Å². The Hall–Kier alpha value is -1.39. The molecule has 1 atom stereocenters. The molecule has 0 spiro atoms. The second-order valence-electron chi connectivity index (χ2n) is 5.36. The number of hydrogen-bond donors (Lipinski definition) is 1. The number of piperidine rings is 1. The second kappa shape index (κ2) is 6.86. The van der Waals surface area contributed by atoms with Crippen LogP contribution in [0.15, 0.2) is 30.3 Å². The van der Waals surface area contributed by atoms with Crippen molar-refractivity contribution in [2.75, 3.05) is 24.5 Å². The first-order chi connectivity index (χ1) is 9.63. The summed E-state index contributed by atoms with van der Waals surface area (Å²) in [5.74, 6) is 0.134. The molecule has 1 N–H and O–H groups in total. The van der Waals surface area contributed by atoms with Gasteiger partial charge in [-0.1, -0.05) is 18.2 Å². The van der Waals surface area contributed by atoms with Crippen LogP contribution in [0.5, 0.6) is 0 Å². The van der Waals surface area contributed by atoms with E-state index >= 15 is 0 Å².